The first kappa shape index (κ1) is 27.2. The maximum atomic E-state index is 13.9. The van der Waals surface area contributed by atoms with E-state index in [1.165, 1.54) is 23.5 Å². The van der Waals surface area contributed by atoms with Crippen LogP contribution in [0.3, 0.4) is 0 Å². The van der Waals surface area contributed by atoms with Crippen molar-refractivity contribution in [2.75, 3.05) is 5.32 Å². The van der Waals surface area contributed by atoms with Crippen LogP contribution in [0.15, 0.2) is 72.8 Å². The third-order valence-electron chi connectivity index (χ3n) is 6.61. The summed E-state index contributed by atoms with van der Waals surface area (Å²) in [6, 6.07) is 21.4. The molecular weight excluding hydrogens is 523 g/mol. The van der Waals surface area contributed by atoms with Gasteiger partial charge in [-0.25, -0.2) is 14.2 Å². The third-order valence-corrected chi connectivity index (χ3v) is 7.63. The highest BCUT2D eigenvalue weighted by atomic mass is 32.1. The number of pyridine rings is 1. The summed E-state index contributed by atoms with van der Waals surface area (Å²) in [5.74, 6) is -1.29. The summed E-state index contributed by atoms with van der Waals surface area (Å²) in [6.45, 7) is 9.46. The van der Waals surface area contributed by atoms with Crippen molar-refractivity contribution in [2.45, 2.75) is 40.7 Å². The van der Waals surface area contributed by atoms with E-state index in [1.54, 1.807) is 32.0 Å². The summed E-state index contributed by atoms with van der Waals surface area (Å²) in [5.41, 5.74) is 6.50. The lowest BCUT2D eigenvalue weighted by Gasteiger charge is -2.14. The molecule has 40 heavy (non-hydrogen) atoms. The normalized spacial score (nSPS) is 11.2. The SMILES string of the molecule is Cc1ccc(-c2cc(C(=O)Nc3sc(C)c(-c4ccc(F)cc4)c3C(=O)OC(C)C)c3ccccc3n2)c(C)c1. The van der Waals surface area contributed by atoms with Crippen LogP contribution in [-0.2, 0) is 4.74 Å². The Morgan fingerprint density at radius 2 is 1.68 bits per heavy atom. The van der Waals surface area contributed by atoms with Crippen LogP contribution >= 0.6 is 11.3 Å². The zero-order valence-electron chi connectivity index (χ0n) is 23.0. The minimum absolute atomic E-state index is 0.254. The van der Waals surface area contributed by atoms with E-state index in [9.17, 15) is 14.0 Å². The highest BCUT2D eigenvalue weighted by Gasteiger charge is 2.27. The van der Waals surface area contributed by atoms with Gasteiger partial charge in [0.25, 0.3) is 5.91 Å². The number of esters is 1. The van der Waals surface area contributed by atoms with Gasteiger partial charge >= 0.3 is 5.97 Å². The number of nitrogens with one attached hydrogen (secondary N) is 1. The largest absolute Gasteiger partial charge is 0.459 e. The number of aryl methyl sites for hydroxylation is 3. The molecule has 0 aliphatic rings. The molecule has 0 fully saturated rings. The lowest BCUT2D eigenvalue weighted by molar-refractivity contribution is 0.0380. The van der Waals surface area contributed by atoms with Crippen LogP contribution < -0.4 is 5.32 Å². The Morgan fingerprint density at radius 3 is 2.38 bits per heavy atom. The minimum atomic E-state index is -0.551. The molecule has 0 saturated carbocycles. The number of amides is 1. The fourth-order valence-electron chi connectivity index (χ4n) is 4.84. The number of ether oxygens (including phenoxy) is 1. The van der Waals surface area contributed by atoms with Crippen LogP contribution in [0.2, 0.25) is 0 Å². The van der Waals surface area contributed by atoms with Crippen molar-refractivity contribution >= 4 is 39.1 Å². The maximum Gasteiger partial charge on any atom is 0.342 e. The minimum Gasteiger partial charge on any atom is -0.459 e. The molecule has 2 heterocycles. The number of fused-ring (bicyclic) bond motifs is 1. The Kier molecular flexibility index (Phi) is 7.50. The van der Waals surface area contributed by atoms with Crippen LogP contribution in [0.1, 0.15) is 50.6 Å². The Hall–Kier alpha value is -4.36. The topological polar surface area (TPSA) is 68.3 Å². The highest BCUT2D eigenvalue weighted by molar-refractivity contribution is 7.17. The average molecular weight is 553 g/mol. The average Bonchev–Trinajstić information content (AvgIpc) is 3.23. The molecule has 0 bridgehead atoms. The first-order valence-corrected chi connectivity index (χ1v) is 13.8. The van der Waals surface area contributed by atoms with Crippen molar-refractivity contribution in [3.63, 3.8) is 0 Å². The molecule has 2 aromatic heterocycles. The molecule has 5 aromatic rings. The lowest BCUT2D eigenvalue weighted by Crippen LogP contribution is -2.17. The monoisotopic (exact) mass is 552 g/mol. The second-order valence-electron chi connectivity index (χ2n) is 10.0. The number of halogens is 1. The van der Waals surface area contributed by atoms with Crippen molar-refractivity contribution in [1.82, 2.24) is 4.98 Å². The van der Waals surface area contributed by atoms with E-state index < -0.39 is 5.97 Å². The Bertz CT molecular complexity index is 1760. The van der Waals surface area contributed by atoms with E-state index in [2.05, 4.69) is 11.4 Å². The Balaban J connectivity index is 1.62. The van der Waals surface area contributed by atoms with E-state index >= 15 is 0 Å². The fourth-order valence-corrected chi connectivity index (χ4v) is 5.90. The number of rotatable bonds is 6. The second-order valence-corrected chi connectivity index (χ2v) is 11.3. The first-order chi connectivity index (χ1) is 19.1. The predicted molar refractivity (Wildman–Crippen MR) is 160 cm³/mol. The van der Waals surface area contributed by atoms with E-state index in [1.807, 2.05) is 57.2 Å². The van der Waals surface area contributed by atoms with Gasteiger partial charge in [0.1, 0.15) is 16.4 Å². The van der Waals surface area contributed by atoms with Gasteiger partial charge in [0.05, 0.1) is 22.9 Å². The van der Waals surface area contributed by atoms with Crippen molar-refractivity contribution in [3.8, 4) is 22.4 Å². The molecular formula is C33H29FN2O3S. The molecule has 0 atom stereocenters. The summed E-state index contributed by atoms with van der Waals surface area (Å²) in [5, 5.41) is 4.07. The molecule has 0 aliphatic heterocycles. The molecule has 0 unspecified atom stereocenters. The van der Waals surface area contributed by atoms with Gasteiger partial charge in [-0.2, -0.15) is 0 Å². The summed E-state index contributed by atoms with van der Waals surface area (Å²) in [7, 11) is 0. The van der Waals surface area contributed by atoms with Crippen molar-refractivity contribution < 1.29 is 18.7 Å². The summed E-state index contributed by atoms with van der Waals surface area (Å²) in [6.07, 6.45) is -0.359. The molecule has 3 aromatic carbocycles. The van der Waals surface area contributed by atoms with Gasteiger partial charge in [0.15, 0.2) is 0 Å². The van der Waals surface area contributed by atoms with E-state index in [0.717, 1.165) is 21.6 Å². The zero-order chi connectivity index (χ0) is 28.6. The standard InChI is InChI=1S/C33H29FN2O3S/c1-18(2)39-33(38)30-29(22-11-13-23(34)14-12-22)21(5)40-32(30)36-31(37)26-17-28(24-15-10-19(3)16-20(24)4)35-27-9-7-6-8-25(26)27/h6-18H,1-5H3,(H,36,37). The van der Waals surface area contributed by atoms with Gasteiger partial charge < -0.3 is 10.1 Å². The molecule has 1 amide bonds. The van der Waals surface area contributed by atoms with Gasteiger partial charge in [-0.3, -0.25) is 4.79 Å². The fraction of sp³-hybridized carbons (Fsp3) is 0.182. The van der Waals surface area contributed by atoms with Gasteiger partial charge in [-0.1, -0.05) is 54.1 Å². The van der Waals surface area contributed by atoms with E-state index in [4.69, 9.17) is 9.72 Å². The molecule has 0 spiro atoms. The molecule has 0 saturated heterocycles. The summed E-state index contributed by atoms with van der Waals surface area (Å²) in [4.78, 5) is 32.9. The van der Waals surface area contributed by atoms with E-state index in [-0.39, 0.29) is 23.4 Å². The number of carbonyl (C=O) groups is 2. The van der Waals surface area contributed by atoms with Gasteiger partial charge in [-0.15, -0.1) is 11.3 Å². The smallest absolute Gasteiger partial charge is 0.342 e. The number of anilines is 1. The molecule has 5 nitrogen and oxygen atoms in total. The maximum absolute atomic E-state index is 13.9. The number of nitrogens with zero attached hydrogens (tertiary/aromatic N) is 1. The van der Waals surface area contributed by atoms with Gasteiger partial charge in [-0.05, 0) is 70.0 Å². The number of benzene rings is 3. The van der Waals surface area contributed by atoms with Crippen molar-refractivity contribution in [2.24, 2.45) is 0 Å². The van der Waals surface area contributed by atoms with Crippen LogP contribution in [0, 0.1) is 26.6 Å². The summed E-state index contributed by atoms with van der Waals surface area (Å²) < 4.78 is 19.2. The predicted octanol–water partition coefficient (Wildman–Crippen LogP) is 8.51. The summed E-state index contributed by atoms with van der Waals surface area (Å²) >= 11 is 1.29. The second kappa shape index (κ2) is 11.0. The zero-order valence-corrected chi connectivity index (χ0v) is 23.8. The molecule has 0 aliphatic carbocycles. The lowest BCUT2D eigenvalue weighted by atomic mass is 9.99. The number of carbonyl (C=O) groups excluding carboxylic acids is 2. The number of aromatic nitrogens is 1. The Morgan fingerprint density at radius 1 is 0.950 bits per heavy atom. The first-order valence-electron chi connectivity index (χ1n) is 13.0. The molecule has 7 heteroatoms. The number of hydrogen-bond donors (Lipinski definition) is 1. The molecule has 202 valence electrons. The van der Waals surface area contributed by atoms with Gasteiger partial charge in [0, 0.05) is 21.4 Å². The van der Waals surface area contributed by atoms with E-state index in [0.29, 0.717) is 38.3 Å². The number of para-hydroxylation sites is 1. The Labute approximate surface area is 236 Å². The quantitative estimate of drug-likeness (QED) is 0.214. The van der Waals surface area contributed by atoms with Crippen LogP contribution in [0.25, 0.3) is 33.3 Å². The van der Waals surface area contributed by atoms with Crippen LogP contribution in [0.4, 0.5) is 9.39 Å². The highest BCUT2D eigenvalue weighted by Crippen LogP contribution is 2.41. The molecule has 0 radical (unpaired) electrons. The van der Waals surface area contributed by atoms with Crippen LogP contribution in [-0.4, -0.2) is 23.0 Å². The number of hydrogen-bond acceptors (Lipinski definition) is 5. The van der Waals surface area contributed by atoms with Crippen molar-refractivity contribution in [1.29, 1.82) is 0 Å². The van der Waals surface area contributed by atoms with Gasteiger partial charge in [0.2, 0.25) is 0 Å². The third kappa shape index (κ3) is 5.38. The molecule has 1 N–H and O–H groups in total. The van der Waals surface area contributed by atoms with Crippen LogP contribution in [0.5, 0.6) is 0 Å². The number of thiophene rings is 1. The van der Waals surface area contributed by atoms with Crippen molar-refractivity contribution in [3.05, 3.63) is 106 Å². The molecule has 5 rings (SSSR count).